The minimum absolute atomic E-state index is 0.0121. The molecule has 1 aromatic carbocycles. The van der Waals surface area contributed by atoms with E-state index in [0.717, 1.165) is 12.8 Å². The lowest BCUT2D eigenvalue weighted by Crippen LogP contribution is -2.34. The fourth-order valence-corrected chi connectivity index (χ4v) is 4.35. The Kier molecular flexibility index (Phi) is 3.19. The first kappa shape index (κ1) is 14.3. The second kappa shape index (κ2) is 4.69. The average molecular weight is 286 g/mol. The summed E-state index contributed by atoms with van der Waals surface area (Å²) in [6.45, 7) is 6.41. The number of ketones is 1. The van der Waals surface area contributed by atoms with E-state index in [1.807, 2.05) is 18.2 Å². The Morgan fingerprint density at radius 2 is 1.90 bits per heavy atom. The third-order valence-electron chi connectivity index (χ3n) is 6.03. The molecule has 1 aromatic rings. The van der Waals surface area contributed by atoms with Crippen molar-refractivity contribution in [2.24, 2.45) is 22.7 Å². The fraction of sp³-hybridized carbons (Fsp3) is 0.556. The molecule has 0 aliphatic heterocycles. The van der Waals surface area contributed by atoms with Crippen LogP contribution in [0, 0.1) is 22.7 Å². The summed E-state index contributed by atoms with van der Waals surface area (Å²) in [7, 11) is 0. The lowest BCUT2D eigenvalue weighted by Gasteiger charge is -2.32. The molecule has 0 spiro atoms. The predicted molar refractivity (Wildman–Crippen MR) is 79.8 cm³/mol. The molecule has 0 aromatic heterocycles. The summed E-state index contributed by atoms with van der Waals surface area (Å²) in [6, 6.07) is 9.04. The van der Waals surface area contributed by atoms with E-state index in [0.29, 0.717) is 11.7 Å². The predicted octanol–water partition coefficient (Wildman–Crippen LogP) is 3.62. The van der Waals surface area contributed by atoms with Gasteiger partial charge in [0.1, 0.15) is 11.5 Å². The number of para-hydroxylation sites is 1. The molecule has 2 saturated carbocycles. The Hall–Kier alpha value is -1.64. The molecule has 2 bridgehead atoms. The van der Waals surface area contributed by atoms with E-state index in [-0.39, 0.29) is 34.9 Å². The summed E-state index contributed by atoms with van der Waals surface area (Å²) >= 11 is 0. The highest BCUT2D eigenvalue weighted by Gasteiger charge is 2.66. The zero-order valence-electron chi connectivity index (χ0n) is 12.9. The molecule has 0 saturated heterocycles. The van der Waals surface area contributed by atoms with Gasteiger partial charge >= 0.3 is 5.97 Å². The smallest absolute Gasteiger partial charge is 0.311 e. The Labute approximate surface area is 125 Å². The molecule has 0 N–H and O–H groups in total. The zero-order chi connectivity index (χ0) is 15.3. The van der Waals surface area contributed by atoms with Crippen LogP contribution >= 0.6 is 0 Å². The fourth-order valence-electron chi connectivity index (χ4n) is 4.35. The topological polar surface area (TPSA) is 43.4 Å². The molecule has 0 unspecified atom stereocenters. The number of ether oxygens (including phenoxy) is 1. The molecule has 3 nitrogen and oxygen atoms in total. The molecule has 21 heavy (non-hydrogen) atoms. The van der Waals surface area contributed by atoms with E-state index in [4.69, 9.17) is 4.74 Å². The number of fused-ring (bicyclic) bond motifs is 2. The van der Waals surface area contributed by atoms with Crippen LogP contribution in [0.1, 0.15) is 40.0 Å². The van der Waals surface area contributed by atoms with Gasteiger partial charge in [-0.05, 0) is 36.3 Å². The van der Waals surface area contributed by atoms with Crippen molar-refractivity contribution in [3.63, 3.8) is 0 Å². The maximum atomic E-state index is 12.7. The third-order valence-corrected chi connectivity index (χ3v) is 6.03. The molecular formula is C18H22O3. The molecule has 2 aliphatic carbocycles. The van der Waals surface area contributed by atoms with E-state index >= 15 is 0 Å². The Balaban J connectivity index is 1.72. The number of carbonyl (C=O) groups excluding carboxylic acids is 2. The minimum atomic E-state index is -0.300. The lowest BCUT2D eigenvalue weighted by atomic mass is 9.70. The molecule has 2 fully saturated rings. The van der Waals surface area contributed by atoms with Crippen molar-refractivity contribution in [1.29, 1.82) is 0 Å². The van der Waals surface area contributed by atoms with E-state index in [1.165, 1.54) is 0 Å². The van der Waals surface area contributed by atoms with Gasteiger partial charge in [0, 0.05) is 11.3 Å². The van der Waals surface area contributed by atoms with Crippen LogP contribution in [0.2, 0.25) is 0 Å². The van der Waals surface area contributed by atoms with Crippen molar-refractivity contribution < 1.29 is 14.3 Å². The van der Waals surface area contributed by atoms with Crippen LogP contribution in [0.4, 0.5) is 0 Å². The van der Waals surface area contributed by atoms with Crippen LogP contribution in [0.5, 0.6) is 5.75 Å². The van der Waals surface area contributed by atoms with Crippen LogP contribution in [0.25, 0.3) is 0 Å². The van der Waals surface area contributed by atoms with Gasteiger partial charge in [0.15, 0.2) is 0 Å². The van der Waals surface area contributed by atoms with E-state index < -0.39 is 0 Å². The SMILES string of the molecule is CC1(C)[C@H]2CC[C@@]1(C)C(=O)[C@@H]2CC(=O)Oc1ccccc1. The molecule has 0 heterocycles. The van der Waals surface area contributed by atoms with Gasteiger partial charge < -0.3 is 4.74 Å². The normalized spacial score (nSPS) is 33.2. The van der Waals surface area contributed by atoms with Crippen molar-refractivity contribution in [2.75, 3.05) is 0 Å². The van der Waals surface area contributed by atoms with Crippen LogP contribution < -0.4 is 4.74 Å². The Morgan fingerprint density at radius 3 is 2.48 bits per heavy atom. The average Bonchev–Trinajstić information content (AvgIpc) is 2.74. The molecular weight excluding hydrogens is 264 g/mol. The first-order chi connectivity index (χ1) is 9.86. The quantitative estimate of drug-likeness (QED) is 0.629. The van der Waals surface area contributed by atoms with Gasteiger partial charge in [0.25, 0.3) is 0 Å². The highest BCUT2D eigenvalue weighted by Crippen LogP contribution is 2.66. The molecule has 0 radical (unpaired) electrons. The molecule has 0 amide bonds. The van der Waals surface area contributed by atoms with Gasteiger partial charge in [-0.1, -0.05) is 39.0 Å². The van der Waals surface area contributed by atoms with Gasteiger partial charge in [-0.2, -0.15) is 0 Å². The number of esters is 1. The molecule has 3 atom stereocenters. The second-order valence-corrected chi connectivity index (χ2v) is 7.16. The first-order valence-electron chi connectivity index (χ1n) is 7.66. The maximum Gasteiger partial charge on any atom is 0.311 e. The van der Waals surface area contributed by atoms with Crippen molar-refractivity contribution in [3.8, 4) is 5.75 Å². The van der Waals surface area contributed by atoms with Gasteiger partial charge in [-0.25, -0.2) is 0 Å². The first-order valence-corrected chi connectivity index (χ1v) is 7.66. The lowest BCUT2D eigenvalue weighted by molar-refractivity contribution is -0.140. The Bertz CT molecular complexity index is 575. The van der Waals surface area contributed by atoms with E-state index in [2.05, 4.69) is 20.8 Å². The number of Topliss-reactive ketones (excluding diaryl/α,β-unsaturated/α-hetero) is 1. The molecule has 112 valence electrons. The van der Waals surface area contributed by atoms with Gasteiger partial charge in [-0.15, -0.1) is 0 Å². The number of benzene rings is 1. The van der Waals surface area contributed by atoms with Gasteiger partial charge in [0.05, 0.1) is 6.42 Å². The minimum Gasteiger partial charge on any atom is -0.427 e. The second-order valence-electron chi connectivity index (χ2n) is 7.16. The van der Waals surface area contributed by atoms with Crippen molar-refractivity contribution in [2.45, 2.75) is 40.0 Å². The summed E-state index contributed by atoms with van der Waals surface area (Å²) < 4.78 is 5.34. The van der Waals surface area contributed by atoms with E-state index in [1.54, 1.807) is 12.1 Å². The van der Waals surface area contributed by atoms with Crippen molar-refractivity contribution in [3.05, 3.63) is 30.3 Å². The summed E-state index contributed by atoms with van der Waals surface area (Å²) in [5.74, 6) is 0.636. The van der Waals surface area contributed by atoms with Crippen LogP contribution in [-0.4, -0.2) is 11.8 Å². The summed E-state index contributed by atoms with van der Waals surface area (Å²) in [6.07, 6.45) is 2.20. The van der Waals surface area contributed by atoms with Crippen LogP contribution in [-0.2, 0) is 9.59 Å². The molecule has 3 heteroatoms. The monoisotopic (exact) mass is 286 g/mol. The number of rotatable bonds is 3. The molecule has 3 rings (SSSR count). The summed E-state index contributed by atoms with van der Waals surface area (Å²) in [5, 5.41) is 0. The maximum absolute atomic E-state index is 12.7. The highest BCUT2D eigenvalue weighted by molar-refractivity contribution is 5.94. The summed E-state index contributed by atoms with van der Waals surface area (Å²) in [5.41, 5.74) is -0.281. The third kappa shape index (κ3) is 2.02. The zero-order valence-corrected chi connectivity index (χ0v) is 12.9. The molecule has 2 aliphatic rings. The largest absolute Gasteiger partial charge is 0.427 e. The standard InChI is InChI=1S/C18H22O3/c1-17(2)14-9-10-18(17,3)16(20)13(14)11-15(19)21-12-7-5-4-6-8-12/h4-8,13-14H,9-11H2,1-3H3/t13-,14+,18+/m1/s1. The van der Waals surface area contributed by atoms with Gasteiger partial charge in [0.2, 0.25) is 0 Å². The number of hydrogen-bond acceptors (Lipinski definition) is 3. The van der Waals surface area contributed by atoms with Crippen LogP contribution in [0.15, 0.2) is 30.3 Å². The van der Waals surface area contributed by atoms with Crippen molar-refractivity contribution in [1.82, 2.24) is 0 Å². The number of hydrogen-bond donors (Lipinski definition) is 0. The van der Waals surface area contributed by atoms with Crippen molar-refractivity contribution >= 4 is 11.8 Å². The van der Waals surface area contributed by atoms with Gasteiger partial charge in [-0.3, -0.25) is 9.59 Å². The summed E-state index contributed by atoms with van der Waals surface area (Å²) in [4.78, 5) is 24.8. The van der Waals surface area contributed by atoms with E-state index in [9.17, 15) is 9.59 Å². The highest BCUT2D eigenvalue weighted by atomic mass is 16.5. The number of carbonyl (C=O) groups is 2. The van der Waals surface area contributed by atoms with Crippen LogP contribution in [0.3, 0.4) is 0 Å². The Morgan fingerprint density at radius 1 is 1.24 bits per heavy atom.